The van der Waals surface area contributed by atoms with Crippen LogP contribution in [0.25, 0.3) is 0 Å². The molecule has 0 spiro atoms. The first-order valence-corrected chi connectivity index (χ1v) is 3.79. The molecule has 1 unspecified atom stereocenters. The van der Waals surface area contributed by atoms with Gasteiger partial charge in [-0.3, -0.25) is 0 Å². The summed E-state index contributed by atoms with van der Waals surface area (Å²) in [5.74, 6) is 0. The van der Waals surface area contributed by atoms with Gasteiger partial charge < -0.3 is 10.1 Å². The third-order valence-electron chi connectivity index (χ3n) is 1.69. The lowest BCUT2D eigenvalue weighted by Gasteiger charge is -2.10. The third kappa shape index (κ3) is 2.64. The van der Waals surface area contributed by atoms with Crippen LogP contribution in [-0.2, 0) is 4.74 Å². The van der Waals surface area contributed by atoms with Crippen molar-refractivity contribution in [3.8, 4) is 0 Å². The fourth-order valence-corrected chi connectivity index (χ4v) is 1.14. The van der Waals surface area contributed by atoms with E-state index in [2.05, 4.69) is 10.6 Å². The van der Waals surface area contributed by atoms with Gasteiger partial charge in [-0.1, -0.05) is 0 Å². The quantitative estimate of drug-likeness (QED) is 0.571. The Bertz CT molecular complexity index is 79.7. The van der Waals surface area contributed by atoms with Gasteiger partial charge in [0.05, 0.1) is 6.61 Å². The second kappa shape index (κ2) is 4.66. The number of hydrogen-bond acceptors (Lipinski definition) is 2. The Morgan fingerprint density at radius 1 is 1.60 bits per heavy atom. The van der Waals surface area contributed by atoms with Crippen LogP contribution in [-0.4, -0.2) is 39.4 Å². The Morgan fingerprint density at radius 3 is 3.30 bits per heavy atom. The van der Waals surface area contributed by atoms with E-state index in [0.717, 1.165) is 32.7 Å². The van der Waals surface area contributed by atoms with Crippen LogP contribution >= 0.6 is 0 Å². The molecule has 1 heterocycles. The Hall–Kier alpha value is -0.120. The summed E-state index contributed by atoms with van der Waals surface area (Å²) in [7, 11) is 1.73. The number of nitrogens with one attached hydrogen (secondary N) is 1. The fraction of sp³-hybridized carbons (Fsp3) is 1.00. The van der Waals surface area contributed by atoms with Crippen LogP contribution in [0.3, 0.4) is 0 Å². The molecule has 1 aliphatic rings. The smallest absolute Gasteiger partial charge is 0.0632 e. The molecule has 0 aromatic rings. The average molecular weight is 143 g/mol. The lowest BCUT2D eigenvalue weighted by Crippen LogP contribution is -2.27. The molecule has 3 nitrogen and oxygen atoms in total. The molecule has 10 heavy (non-hydrogen) atoms. The molecule has 1 saturated heterocycles. The van der Waals surface area contributed by atoms with E-state index >= 15 is 0 Å². The summed E-state index contributed by atoms with van der Waals surface area (Å²) in [6.45, 7) is 3.83. The van der Waals surface area contributed by atoms with E-state index in [0.29, 0.717) is 6.04 Å². The highest BCUT2D eigenvalue weighted by Gasteiger charge is 2.10. The maximum absolute atomic E-state index is 5.02. The maximum Gasteiger partial charge on any atom is 0.0632 e. The zero-order valence-electron chi connectivity index (χ0n) is 6.47. The number of methoxy groups -OCH3 is 1. The van der Waals surface area contributed by atoms with E-state index in [-0.39, 0.29) is 0 Å². The molecule has 1 fully saturated rings. The van der Waals surface area contributed by atoms with Gasteiger partial charge >= 0.3 is 0 Å². The first kappa shape index (κ1) is 7.98. The average Bonchev–Trinajstić information content (AvgIpc) is 2.17. The molecule has 0 bridgehead atoms. The van der Waals surface area contributed by atoms with Gasteiger partial charge in [0.25, 0.3) is 0 Å². The first-order valence-electron chi connectivity index (χ1n) is 3.79. The van der Waals surface area contributed by atoms with Crippen LogP contribution in [0.5, 0.6) is 0 Å². The van der Waals surface area contributed by atoms with Crippen LogP contribution in [0, 0.1) is 0 Å². The number of hydrogen-bond donors (Lipinski definition) is 1. The van der Waals surface area contributed by atoms with Gasteiger partial charge in [-0.2, -0.15) is 0 Å². The van der Waals surface area contributed by atoms with Gasteiger partial charge in [0.2, 0.25) is 0 Å². The summed E-state index contributed by atoms with van der Waals surface area (Å²) in [5, 5.41) is 7.71. The van der Waals surface area contributed by atoms with Gasteiger partial charge in [-0.25, -0.2) is 5.32 Å². The summed E-state index contributed by atoms with van der Waals surface area (Å²) in [6.07, 6.45) is 1.12. The maximum atomic E-state index is 5.02. The molecule has 0 aromatic heterocycles. The van der Waals surface area contributed by atoms with Gasteiger partial charge in [-0.05, 0) is 13.0 Å². The SMILES string of the molecule is COCC1CCNCC[N]1. The Kier molecular flexibility index (Phi) is 3.72. The Labute approximate surface area is 62.1 Å². The Morgan fingerprint density at radius 2 is 2.50 bits per heavy atom. The van der Waals surface area contributed by atoms with Crippen LogP contribution in [0.4, 0.5) is 0 Å². The standard InChI is InChI=1S/C7H15N2O/c1-10-6-7-2-3-8-4-5-9-7/h7-8H,2-6H2,1H3. The molecule has 1 N–H and O–H groups in total. The minimum absolute atomic E-state index is 0.431. The van der Waals surface area contributed by atoms with Crippen LogP contribution < -0.4 is 10.6 Å². The topological polar surface area (TPSA) is 35.4 Å². The van der Waals surface area contributed by atoms with E-state index in [1.165, 1.54) is 0 Å². The Balaban J connectivity index is 2.15. The van der Waals surface area contributed by atoms with E-state index in [1.807, 2.05) is 0 Å². The highest BCUT2D eigenvalue weighted by molar-refractivity contribution is 4.71. The summed E-state index contributed by atoms with van der Waals surface area (Å²) in [4.78, 5) is 0. The second-order valence-corrected chi connectivity index (χ2v) is 2.55. The molecule has 0 amide bonds. The minimum atomic E-state index is 0.431. The molecule has 0 aromatic carbocycles. The van der Waals surface area contributed by atoms with E-state index < -0.39 is 0 Å². The lowest BCUT2D eigenvalue weighted by atomic mass is 10.2. The zero-order valence-corrected chi connectivity index (χ0v) is 6.47. The molecule has 3 heteroatoms. The van der Waals surface area contributed by atoms with Crippen LogP contribution in [0.1, 0.15) is 6.42 Å². The van der Waals surface area contributed by atoms with Crippen molar-refractivity contribution >= 4 is 0 Å². The van der Waals surface area contributed by atoms with Crippen molar-refractivity contribution in [2.45, 2.75) is 12.5 Å². The predicted molar refractivity (Wildman–Crippen MR) is 40.2 cm³/mol. The lowest BCUT2D eigenvalue weighted by molar-refractivity contribution is 0.164. The van der Waals surface area contributed by atoms with E-state index in [9.17, 15) is 0 Å². The zero-order chi connectivity index (χ0) is 7.23. The molecule has 0 saturated carbocycles. The molecule has 1 atom stereocenters. The van der Waals surface area contributed by atoms with Crippen molar-refractivity contribution in [2.24, 2.45) is 0 Å². The number of nitrogens with zero attached hydrogens (tertiary/aromatic N) is 1. The summed E-state index contributed by atoms with van der Waals surface area (Å²) < 4.78 is 5.02. The number of rotatable bonds is 2. The van der Waals surface area contributed by atoms with Crippen molar-refractivity contribution in [2.75, 3.05) is 33.4 Å². The molecule has 59 valence electrons. The molecular weight excluding hydrogens is 128 g/mol. The second-order valence-electron chi connectivity index (χ2n) is 2.55. The predicted octanol–water partition coefficient (Wildman–Crippen LogP) is -0.401. The van der Waals surface area contributed by atoms with Crippen molar-refractivity contribution in [3.05, 3.63) is 0 Å². The largest absolute Gasteiger partial charge is 0.383 e. The van der Waals surface area contributed by atoms with Gasteiger partial charge in [-0.15, -0.1) is 0 Å². The fourth-order valence-electron chi connectivity index (χ4n) is 1.14. The molecule has 1 rings (SSSR count). The van der Waals surface area contributed by atoms with E-state index in [1.54, 1.807) is 7.11 Å². The minimum Gasteiger partial charge on any atom is -0.383 e. The summed E-state index contributed by atoms with van der Waals surface area (Å²) in [6, 6.07) is 0.431. The van der Waals surface area contributed by atoms with Gasteiger partial charge in [0, 0.05) is 26.2 Å². The van der Waals surface area contributed by atoms with E-state index in [4.69, 9.17) is 4.74 Å². The van der Waals surface area contributed by atoms with Crippen molar-refractivity contribution < 1.29 is 4.74 Å². The highest BCUT2D eigenvalue weighted by atomic mass is 16.5. The number of ether oxygens (including phenoxy) is 1. The van der Waals surface area contributed by atoms with Crippen molar-refractivity contribution in [1.29, 1.82) is 0 Å². The van der Waals surface area contributed by atoms with Gasteiger partial charge in [0.1, 0.15) is 0 Å². The molecular formula is C7H15N2O. The van der Waals surface area contributed by atoms with Crippen molar-refractivity contribution in [1.82, 2.24) is 10.6 Å². The van der Waals surface area contributed by atoms with Crippen LogP contribution in [0.15, 0.2) is 0 Å². The van der Waals surface area contributed by atoms with Crippen LogP contribution in [0.2, 0.25) is 0 Å². The molecule has 0 aliphatic carbocycles. The molecule has 1 aliphatic heterocycles. The normalized spacial score (nSPS) is 27.9. The monoisotopic (exact) mass is 143 g/mol. The summed E-state index contributed by atoms with van der Waals surface area (Å²) >= 11 is 0. The van der Waals surface area contributed by atoms with Crippen molar-refractivity contribution in [3.63, 3.8) is 0 Å². The molecule has 1 radical (unpaired) electrons. The summed E-state index contributed by atoms with van der Waals surface area (Å²) in [5.41, 5.74) is 0. The third-order valence-corrected chi connectivity index (χ3v) is 1.69. The van der Waals surface area contributed by atoms with Gasteiger partial charge in [0.15, 0.2) is 0 Å². The highest BCUT2D eigenvalue weighted by Crippen LogP contribution is 1.95. The first-order chi connectivity index (χ1) is 4.93.